The van der Waals surface area contributed by atoms with Crippen LogP contribution in [0.1, 0.15) is 18.5 Å². The molecule has 2 aliphatic rings. The molecular formula is C25H23F4N5O2. The SMILES string of the molecule is CC1=Nc2ccnn2C(c2cccc(OC(F)(F)F)c2)C1C(=O)N1CCN(c2ccc(F)cc2)CC1. The number of benzene rings is 2. The summed E-state index contributed by atoms with van der Waals surface area (Å²) in [6, 6.07) is 12.8. The normalized spacial score (nSPS) is 20.1. The number of carbonyl (C=O) groups is 1. The number of amides is 1. The first-order valence-electron chi connectivity index (χ1n) is 11.4. The highest BCUT2D eigenvalue weighted by Crippen LogP contribution is 2.38. The fraction of sp³-hybridized carbons (Fsp3) is 0.320. The standard InChI is InChI=1S/C25H23F4N5O2/c1-16-22(24(35)33-13-11-32(12-14-33)19-7-5-18(26)6-8-19)23(34-21(31-16)9-10-30-34)17-3-2-4-20(15-17)36-25(27,28)29/h2-10,15,22-23H,11-14H2,1H3. The Hall–Kier alpha value is -3.89. The molecule has 36 heavy (non-hydrogen) atoms. The van der Waals surface area contributed by atoms with Gasteiger partial charge in [0.25, 0.3) is 0 Å². The number of hydrogen-bond acceptors (Lipinski definition) is 5. The van der Waals surface area contributed by atoms with E-state index in [0.717, 1.165) is 5.69 Å². The second-order valence-electron chi connectivity index (χ2n) is 8.72. The lowest BCUT2D eigenvalue weighted by molar-refractivity contribution is -0.274. The van der Waals surface area contributed by atoms with Crippen molar-refractivity contribution in [2.24, 2.45) is 10.9 Å². The average Bonchev–Trinajstić information content (AvgIpc) is 3.30. The summed E-state index contributed by atoms with van der Waals surface area (Å²) in [6.45, 7) is 3.75. The van der Waals surface area contributed by atoms with Crippen LogP contribution in [0.3, 0.4) is 0 Å². The molecule has 1 fully saturated rings. The van der Waals surface area contributed by atoms with Gasteiger partial charge in [0, 0.05) is 43.6 Å². The van der Waals surface area contributed by atoms with Gasteiger partial charge in [0.15, 0.2) is 5.82 Å². The van der Waals surface area contributed by atoms with Crippen molar-refractivity contribution < 1.29 is 27.1 Å². The zero-order valence-corrected chi connectivity index (χ0v) is 19.3. The van der Waals surface area contributed by atoms with E-state index < -0.39 is 18.3 Å². The van der Waals surface area contributed by atoms with Gasteiger partial charge in [-0.3, -0.25) is 4.79 Å². The number of rotatable bonds is 4. The topological polar surface area (TPSA) is 63.0 Å². The molecular weight excluding hydrogens is 478 g/mol. The Morgan fingerprint density at radius 1 is 1.03 bits per heavy atom. The number of nitrogens with zero attached hydrogens (tertiary/aromatic N) is 5. The van der Waals surface area contributed by atoms with Crippen molar-refractivity contribution in [3.63, 3.8) is 0 Å². The summed E-state index contributed by atoms with van der Waals surface area (Å²) in [6.07, 6.45) is -3.29. The van der Waals surface area contributed by atoms with E-state index in [1.165, 1.54) is 30.3 Å². The van der Waals surface area contributed by atoms with Gasteiger partial charge in [0.1, 0.15) is 17.5 Å². The van der Waals surface area contributed by atoms with Crippen LogP contribution in [0, 0.1) is 11.7 Å². The smallest absolute Gasteiger partial charge is 0.406 e. The summed E-state index contributed by atoms with van der Waals surface area (Å²) < 4.78 is 57.5. The van der Waals surface area contributed by atoms with Gasteiger partial charge in [-0.15, -0.1) is 13.2 Å². The molecule has 0 spiro atoms. The maximum atomic E-state index is 13.8. The van der Waals surface area contributed by atoms with Crippen molar-refractivity contribution in [2.75, 3.05) is 31.1 Å². The van der Waals surface area contributed by atoms with Crippen molar-refractivity contribution in [1.29, 1.82) is 0 Å². The number of anilines is 1. The number of aliphatic imine (C=N–C) groups is 1. The third kappa shape index (κ3) is 4.77. The van der Waals surface area contributed by atoms with Crippen LogP contribution in [0.4, 0.5) is 29.1 Å². The highest BCUT2D eigenvalue weighted by atomic mass is 19.4. The van der Waals surface area contributed by atoms with E-state index in [1.807, 2.05) is 0 Å². The number of aromatic nitrogens is 2. The highest BCUT2D eigenvalue weighted by molar-refractivity contribution is 6.05. The summed E-state index contributed by atoms with van der Waals surface area (Å²) in [5.41, 5.74) is 1.89. The monoisotopic (exact) mass is 501 g/mol. The zero-order valence-electron chi connectivity index (χ0n) is 19.3. The van der Waals surface area contributed by atoms with Gasteiger partial charge in [-0.1, -0.05) is 12.1 Å². The molecule has 2 unspecified atom stereocenters. The van der Waals surface area contributed by atoms with Gasteiger partial charge >= 0.3 is 6.36 Å². The maximum absolute atomic E-state index is 13.8. The second kappa shape index (κ2) is 9.29. The van der Waals surface area contributed by atoms with E-state index in [9.17, 15) is 22.4 Å². The molecule has 2 atom stereocenters. The lowest BCUT2D eigenvalue weighted by Gasteiger charge is -2.40. The molecule has 0 aliphatic carbocycles. The zero-order chi connectivity index (χ0) is 25.4. The first kappa shape index (κ1) is 23.8. The predicted molar refractivity (Wildman–Crippen MR) is 125 cm³/mol. The van der Waals surface area contributed by atoms with E-state index >= 15 is 0 Å². The minimum absolute atomic E-state index is 0.178. The number of halogens is 4. The number of carbonyl (C=O) groups excluding carboxylic acids is 1. The molecule has 0 N–H and O–H groups in total. The van der Waals surface area contributed by atoms with E-state index in [4.69, 9.17) is 0 Å². The Morgan fingerprint density at radius 3 is 2.44 bits per heavy atom. The first-order valence-corrected chi connectivity index (χ1v) is 11.4. The van der Waals surface area contributed by atoms with Gasteiger partial charge in [-0.25, -0.2) is 14.1 Å². The molecule has 1 saturated heterocycles. The first-order chi connectivity index (χ1) is 17.2. The average molecular weight is 501 g/mol. The maximum Gasteiger partial charge on any atom is 0.573 e. The molecule has 5 rings (SSSR count). The Balaban J connectivity index is 1.41. The lowest BCUT2D eigenvalue weighted by Crippen LogP contribution is -2.53. The molecule has 1 amide bonds. The molecule has 3 aromatic rings. The van der Waals surface area contributed by atoms with Crippen LogP contribution in [0.2, 0.25) is 0 Å². The van der Waals surface area contributed by atoms with Gasteiger partial charge in [-0.2, -0.15) is 5.10 Å². The van der Waals surface area contributed by atoms with E-state index in [1.54, 1.807) is 47.0 Å². The number of hydrogen-bond donors (Lipinski definition) is 0. The Bertz CT molecular complexity index is 1280. The quantitative estimate of drug-likeness (QED) is 0.491. The molecule has 2 aromatic carbocycles. The van der Waals surface area contributed by atoms with Crippen molar-refractivity contribution >= 4 is 23.1 Å². The second-order valence-corrected chi connectivity index (χ2v) is 8.72. The highest BCUT2D eigenvalue weighted by Gasteiger charge is 2.41. The molecule has 0 saturated carbocycles. The molecule has 1 aromatic heterocycles. The lowest BCUT2D eigenvalue weighted by atomic mass is 9.86. The van der Waals surface area contributed by atoms with Gasteiger partial charge in [-0.05, 0) is 48.9 Å². The fourth-order valence-electron chi connectivity index (χ4n) is 4.81. The van der Waals surface area contributed by atoms with E-state index in [-0.39, 0.29) is 17.5 Å². The number of fused-ring (bicyclic) bond motifs is 1. The van der Waals surface area contributed by atoms with Crippen LogP contribution in [0.25, 0.3) is 0 Å². The van der Waals surface area contributed by atoms with Crippen LogP contribution in [0.15, 0.2) is 65.8 Å². The van der Waals surface area contributed by atoms with Crippen molar-refractivity contribution in [2.45, 2.75) is 19.3 Å². The predicted octanol–water partition coefficient (Wildman–Crippen LogP) is 4.58. The summed E-state index contributed by atoms with van der Waals surface area (Å²) in [5, 5.41) is 4.33. The Morgan fingerprint density at radius 2 is 1.75 bits per heavy atom. The molecule has 11 heteroatoms. The van der Waals surface area contributed by atoms with Gasteiger partial charge in [0.2, 0.25) is 5.91 Å². The van der Waals surface area contributed by atoms with Crippen molar-refractivity contribution in [3.8, 4) is 5.75 Å². The number of piperazine rings is 1. The van der Waals surface area contributed by atoms with Gasteiger partial charge in [0.05, 0.1) is 12.2 Å². The molecule has 0 radical (unpaired) electrons. The molecule has 7 nitrogen and oxygen atoms in total. The van der Waals surface area contributed by atoms with Crippen molar-refractivity contribution in [3.05, 3.63) is 72.2 Å². The third-order valence-corrected chi connectivity index (χ3v) is 6.45. The van der Waals surface area contributed by atoms with Crippen LogP contribution >= 0.6 is 0 Å². The largest absolute Gasteiger partial charge is 0.573 e. The van der Waals surface area contributed by atoms with E-state index in [2.05, 4.69) is 19.7 Å². The van der Waals surface area contributed by atoms with Crippen LogP contribution in [-0.4, -0.2) is 58.8 Å². The van der Waals surface area contributed by atoms with Crippen LogP contribution in [0.5, 0.6) is 5.75 Å². The van der Waals surface area contributed by atoms with Crippen molar-refractivity contribution in [1.82, 2.24) is 14.7 Å². The Kier molecular flexibility index (Phi) is 6.15. The molecule has 0 bridgehead atoms. The van der Waals surface area contributed by atoms with E-state index in [0.29, 0.717) is 43.3 Å². The molecule has 3 heterocycles. The number of alkyl halides is 3. The Labute approximate surface area is 204 Å². The summed E-state index contributed by atoms with van der Waals surface area (Å²) in [7, 11) is 0. The third-order valence-electron chi connectivity index (χ3n) is 6.45. The summed E-state index contributed by atoms with van der Waals surface area (Å²) in [5.74, 6) is -1.09. The summed E-state index contributed by atoms with van der Waals surface area (Å²) >= 11 is 0. The fourth-order valence-corrected chi connectivity index (χ4v) is 4.81. The minimum atomic E-state index is -4.83. The van der Waals surface area contributed by atoms with Crippen LogP contribution in [-0.2, 0) is 4.79 Å². The number of ether oxygens (including phenoxy) is 1. The van der Waals surface area contributed by atoms with Crippen LogP contribution < -0.4 is 9.64 Å². The molecule has 2 aliphatic heterocycles. The summed E-state index contributed by atoms with van der Waals surface area (Å²) in [4.78, 5) is 22.2. The minimum Gasteiger partial charge on any atom is -0.406 e. The molecule has 188 valence electrons. The van der Waals surface area contributed by atoms with Gasteiger partial charge < -0.3 is 14.5 Å².